The Morgan fingerprint density at radius 3 is 2.69 bits per heavy atom. The van der Waals surface area contributed by atoms with Crippen LogP contribution in [0, 0.1) is 12.7 Å². The molecule has 1 amide bonds. The molecule has 35 heavy (non-hydrogen) atoms. The number of rotatable bonds is 4. The number of nitrogens with one attached hydrogen (secondary N) is 1. The molecule has 0 saturated carbocycles. The molecule has 1 N–H and O–H groups in total. The van der Waals surface area contributed by atoms with E-state index in [1.54, 1.807) is 17.0 Å². The van der Waals surface area contributed by atoms with E-state index in [0.29, 0.717) is 36.7 Å². The quantitative estimate of drug-likeness (QED) is 0.424. The normalized spacial score (nSPS) is 15.1. The van der Waals surface area contributed by atoms with E-state index in [4.69, 9.17) is 16.3 Å². The van der Waals surface area contributed by atoms with Crippen molar-refractivity contribution in [3.05, 3.63) is 70.3 Å². The standard InChI is InChI=1S/C27H30ClFN4O2/c1-16(20-7-6-8-22(28)24(20)29)30-25-21-15-19(9-10-23(21)31-17(2)32-25)18-11-13-33(14-12-18)26(34)35-27(3,4)5/h6-11,15-16H,12-14H2,1-5H3,(H,30,31,32)/t16-/m1/s1. The molecule has 2 aromatic carbocycles. The van der Waals surface area contributed by atoms with Crippen LogP contribution in [-0.4, -0.2) is 39.7 Å². The molecule has 0 spiro atoms. The van der Waals surface area contributed by atoms with Crippen molar-refractivity contribution in [2.24, 2.45) is 0 Å². The van der Waals surface area contributed by atoms with E-state index >= 15 is 0 Å². The lowest BCUT2D eigenvalue weighted by Gasteiger charge is -2.29. The van der Waals surface area contributed by atoms with Gasteiger partial charge in [-0.05, 0) is 70.4 Å². The third kappa shape index (κ3) is 5.73. The third-order valence-corrected chi connectivity index (χ3v) is 6.13. The van der Waals surface area contributed by atoms with Gasteiger partial charge in [0.15, 0.2) is 0 Å². The largest absolute Gasteiger partial charge is 0.444 e. The molecule has 4 rings (SSSR count). The number of benzene rings is 2. The van der Waals surface area contributed by atoms with Crippen LogP contribution in [0.3, 0.4) is 0 Å². The molecule has 6 nitrogen and oxygen atoms in total. The lowest BCUT2D eigenvalue weighted by atomic mass is 9.98. The number of amides is 1. The van der Waals surface area contributed by atoms with Crippen molar-refractivity contribution in [1.29, 1.82) is 0 Å². The van der Waals surface area contributed by atoms with E-state index in [2.05, 4.69) is 21.4 Å². The maximum absolute atomic E-state index is 14.6. The summed E-state index contributed by atoms with van der Waals surface area (Å²) < 4.78 is 20.1. The summed E-state index contributed by atoms with van der Waals surface area (Å²) >= 11 is 5.98. The van der Waals surface area contributed by atoms with Crippen LogP contribution in [0.25, 0.3) is 16.5 Å². The zero-order chi connectivity index (χ0) is 25.3. The average Bonchev–Trinajstić information content (AvgIpc) is 2.79. The number of fused-ring (bicyclic) bond motifs is 1. The Bertz CT molecular complexity index is 1300. The number of ether oxygens (including phenoxy) is 1. The maximum atomic E-state index is 14.6. The molecule has 1 atom stereocenters. The number of hydrogen-bond donors (Lipinski definition) is 1. The van der Waals surface area contributed by atoms with Crippen molar-refractivity contribution in [3.63, 3.8) is 0 Å². The lowest BCUT2D eigenvalue weighted by Crippen LogP contribution is -2.39. The smallest absolute Gasteiger partial charge is 0.410 e. The summed E-state index contributed by atoms with van der Waals surface area (Å²) in [6, 6.07) is 10.7. The lowest BCUT2D eigenvalue weighted by molar-refractivity contribution is 0.0270. The summed E-state index contributed by atoms with van der Waals surface area (Å²) in [6.07, 6.45) is 2.47. The second-order valence-corrected chi connectivity index (χ2v) is 10.2. The van der Waals surface area contributed by atoms with Crippen LogP contribution in [0.5, 0.6) is 0 Å². The molecule has 0 aliphatic carbocycles. The Hall–Kier alpha value is -3.19. The third-order valence-electron chi connectivity index (χ3n) is 5.84. The molecular formula is C27H30ClFN4O2. The van der Waals surface area contributed by atoms with Gasteiger partial charge >= 0.3 is 6.09 Å². The van der Waals surface area contributed by atoms with Crippen LogP contribution in [0.4, 0.5) is 15.0 Å². The monoisotopic (exact) mass is 496 g/mol. The van der Waals surface area contributed by atoms with Gasteiger partial charge in [0.05, 0.1) is 16.6 Å². The topological polar surface area (TPSA) is 67.4 Å². The van der Waals surface area contributed by atoms with Crippen LogP contribution in [0.15, 0.2) is 42.5 Å². The second-order valence-electron chi connectivity index (χ2n) is 9.77. The van der Waals surface area contributed by atoms with Crippen molar-refractivity contribution >= 4 is 40.0 Å². The molecule has 8 heteroatoms. The molecule has 2 heterocycles. The van der Waals surface area contributed by atoms with Gasteiger partial charge in [0.1, 0.15) is 23.1 Å². The number of carbonyl (C=O) groups excluding carboxylic acids is 1. The van der Waals surface area contributed by atoms with Gasteiger partial charge in [-0.3, -0.25) is 0 Å². The van der Waals surface area contributed by atoms with Crippen molar-refractivity contribution < 1.29 is 13.9 Å². The SMILES string of the molecule is Cc1nc(N[C@H](C)c2cccc(Cl)c2F)c2cc(C3=CCN(C(=O)OC(C)(C)C)CC3)ccc2n1. The minimum absolute atomic E-state index is 0.0897. The number of halogens is 2. The molecular weight excluding hydrogens is 467 g/mol. The van der Waals surface area contributed by atoms with E-state index in [0.717, 1.165) is 22.0 Å². The Kier molecular flexibility index (Phi) is 6.99. The Balaban J connectivity index is 1.60. The summed E-state index contributed by atoms with van der Waals surface area (Å²) in [5, 5.41) is 4.28. The predicted molar refractivity (Wildman–Crippen MR) is 138 cm³/mol. The van der Waals surface area contributed by atoms with Gasteiger partial charge in [0.25, 0.3) is 0 Å². The summed E-state index contributed by atoms with van der Waals surface area (Å²) in [7, 11) is 0. The molecule has 0 unspecified atom stereocenters. The zero-order valence-electron chi connectivity index (χ0n) is 20.7. The predicted octanol–water partition coefficient (Wildman–Crippen LogP) is 6.93. The molecule has 0 bridgehead atoms. The summed E-state index contributed by atoms with van der Waals surface area (Å²) in [4.78, 5) is 23.3. The van der Waals surface area contributed by atoms with Gasteiger partial charge in [-0.2, -0.15) is 0 Å². The zero-order valence-corrected chi connectivity index (χ0v) is 21.4. The first-order valence-electron chi connectivity index (χ1n) is 11.7. The fourth-order valence-corrected chi connectivity index (χ4v) is 4.30. The van der Waals surface area contributed by atoms with Gasteiger partial charge in [-0.1, -0.05) is 35.9 Å². The average molecular weight is 497 g/mol. The van der Waals surface area contributed by atoms with Gasteiger partial charge in [0, 0.05) is 24.0 Å². The Labute approximate surface area is 210 Å². The summed E-state index contributed by atoms with van der Waals surface area (Å²) in [5.41, 5.74) is 2.93. The van der Waals surface area contributed by atoms with E-state index in [9.17, 15) is 9.18 Å². The van der Waals surface area contributed by atoms with Gasteiger partial charge in [-0.15, -0.1) is 0 Å². The van der Waals surface area contributed by atoms with E-state index in [-0.39, 0.29) is 17.2 Å². The first-order valence-corrected chi connectivity index (χ1v) is 12.1. The van der Waals surface area contributed by atoms with E-state index in [1.165, 1.54) is 6.07 Å². The molecule has 3 aromatic rings. The van der Waals surface area contributed by atoms with Crippen LogP contribution < -0.4 is 5.32 Å². The van der Waals surface area contributed by atoms with Crippen molar-refractivity contribution in [2.75, 3.05) is 18.4 Å². The van der Waals surface area contributed by atoms with Gasteiger partial charge in [0.2, 0.25) is 0 Å². The molecule has 1 aliphatic rings. The number of hydrogen-bond acceptors (Lipinski definition) is 5. The highest BCUT2D eigenvalue weighted by Crippen LogP contribution is 2.31. The summed E-state index contributed by atoms with van der Waals surface area (Å²) in [6.45, 7) is 10.4. The number of anilines is 1. The molecule has 184 valence electrons. The fourth-order valence-electron chi connectivity index (χ4n) is 4.12. The van der Waals surface area contributed by atoms with Gasteiger partial charge < -0.3 is 15.0 Å². The van der Waals surface area contributed by atoms with Crippen LogP contribution >= 0.6 is 11.6 Å². The minimum Gasteiger partial charge on any atom is -0.444 e. The number of aromatic nitrogens is 2. The number of carbonyl (C=O) groups is 1. The molecule has 1 aromatic heterocycles. The first-order chi connectivity index (χ1) is 16.5. The minimum atomic E-state index is -0.522. The van der Waals surface area contributed by atoms with E-state index in [1.807, 2.05) is 52.8 Å². The van der Waals surface area contributed by atoms with Crippen LogP contribution in [0.2, 0.25) is 5.02 Å². The molecule has 0 fully saturated rings. The number of aryl methyl sites for hydroxylation is 1. The highest BCUT2D eigenvalue weighted by atomic mass is 35.5. The van der Waals surface area contributed by atoms with Crippen molar-refractivity contribution in [2.45, 2.75) is 52.7 Å². The Morgan fingerprint density at radius 2 is 2.00 bits per heavy atom. The highest BCUT2D eigenvalue weighted by Gasteiger charge is 2.24. The second kappa shape index (κ2) is 9.82. The molecule has 0 saturated heterocycles. The van der Waals surface area contributed by atoms with Crippen LogP contribution in [-0.2, 0) is 4.74 Å². The number of nitrogens with zero attached hydrogens (tertiary/aromatic N) is 3. The summed E-state index contributed by atoms with van der Waals surface area (Å²) in [5.74, 6) is 0.816. The first kappa shape index (κ1) is 24.9. The fraction of sp³-hybridized carbons (Fsp3) is 0.370. The Morgan fingerprint density at radius 1 is 1.23 bits per heavy atom. The molecule has 1 aliphatic heterocycles. The van der Waals surface area contributed by atoms with Gasteiger partial charge in [-0.25, -0.2) is 19.2 Å². The molecule has 0 radical (unpaired) electrons. The van der Waals surface area contributed by atoms with Crippen molar-refractivity contribution in [3.8, 4) is 0 Å². The maximum Gasteiger partial charge on any atom is 0.410 e. The van der Waals surface area contributed by atoms with Crippen molar-refractivity contribution in [1.82, 2.24) is 14.9 Å². The van der Waals surface area contributed by atoms with Crippen LogP contribution in [0.1, 0.15) is 57.1 Å². The highest BCUT2D eigenvalue weighted by molar-refractivity contribution is 6.30. The van der Waals surface area contributed by atoms with E-state index < -0.39 is 11.4 Å².